The number of thioether (sulfide) groups is 1. The van der Waals surface area contributed by atoms with Crippen LogP contribution in [-0.4, -0.2) is 38.3 Å². The van der Waals surface area contributed by atoms with Crippen LogP contribution in [0.3, 0.4) is 0 Å². The summed E-state index contributed by atoms with van der Waals surface area (Å²) < 4.78 is 1.75. The van der Waals surface area contributed by atoms with Crippen LogP contribution in [0.2, 0.25) is 0 Å². The van der Waals surface area contributed by atoms with Crippen molar-refractivity contribution in [3.05, 3.63) is 87.7 Å². The van der Waals surface area contributed by atoms with E-state index in [4.69, 9.17) is 0 Å². The third kappa shape index (κ3) is 3.33. The Hall–Kier alpha value is -3.19. The summed E-state index contributed by atoms with van der Waals surface area (Å²) in [6, 6.07) is 17.7. The van der Waals surface area contributed by atoms with Gasteiger partial charge in [0.05, 0.1) is 6.42 Å². The van der Waals surface area contributed by atoms with Gasteiger partial charge in [0.25, 0.3) is 5.78 Å². The lowest BCUT2D eigenvalue weighted by molar-refractivity contribution is -0.120. The molecule has 3 aliphatic carbocycles. The zero-order valence-corrected chi connectivity index (χ0v) is 20.4. The SMILES string of the molecule is CSc1nc2nc(C)c(CC(=O)NCC3CC4c5ccccc5C3c3ccccc34)c(C)n2n1. The molecule has 1 N–H and O–H groups in total. The van der Waals surface area contributed by atoms with Gasteiger partial charge < -0.3 is 5.32 Å². The van der Waals surface area contributed by atoms with E-state index in [2.05, 4.69) is 68.9 Å². The zero-order valence-electron chi connectivity index (χ0n) is 19.6. The minimum atomic E-state index is 0.0283. The molecule has 0 spiro atoms. The van der Waals surface area contributed by atoms with Gasteiger partial charge in [-0.05, 0) is 54.7 Å². The van der Waals surface area contributed by atoms with E-state index in [1.165, 1.54) is 34.0 Å². The maximum absolute atomic E-state index is 13.1. The average Bonchev–Trinajstić information content (AvgIpc) is 3.29. The van der Waals surface area contributed by atoms with Crippen LogP contribution in [0.25, 0.3) is 5.78 Å². The van der Waals surface area contributed by atoms with Crippen LogP contribution in [-0.2, 0) is 11.2 Å². The third-order valence-electron chi connectivity index (χ3n) is 7.53. The highest BCUT2D eigenvalue weighted by atomic mass is 32.2. The maximum atomic E-state index is 13.1. The van der Waals surface area contributed by atoms with Gasteiger partial charge in [-0.3, -0.25) is 4.79 Å². The van der Waals surface area contributed by atoms with Crippen molar-refractivity contribution in [1.82, 2.24) is 24.9 Å². The minimum Gasteiger partial charge on any atom is -0.356 e. The number of nitrogens with one attached hydrogen (secondary N) is 1. The molecule has 7 heteroatoms. The van der Waals surface area contributed by atoms with Crippen LogP contribution in [0.4, 0.5) is 0 Å². The Morgan fingerprint density at radius 3 is 2.32 bits per heavy atom. The molecule has 34 heavy (non-hydrogen) atoms. The second kappa shape index (κ2) is 8.24. The number of aryl methyl sites for hydroxylation is 2. The molecule has 1 atom stereocenters. The Balaban J connectivity index is 1.22. The van der Waals surface area contributed by atoms with Gasteiger partial charge in [0.2, 0.25) is 11.1 Å². The van der Waals surface area contributed by atoms with E-state index in [1.54, 1.807) is 4.52 Å². The van der Waals surface area contributed by atoms with Crippen LogP contribution in [0.5, 0.6) is 0 Å². The standard InChI is InChI=1S/C27H27N5OS/c1-15-22(16(2)32-26(29-15)30-27(31-32)34-3)13-24(33)28-14-17-12-23-18-8-4-6-10-20(18)25(17)21-11-7-5-9-19(21)23/h4-11,17,23,25H,12-14H2,1-3H3,(H,28,33). The molecule has 4 aromatic rings. The summed E-state index contributed by atoms with van der Waals surface area (Å²) >= 11 is 1.49. The first-order chi connectivity index (χ1) is 16.5. The highest BCUT2D eigenvalue weighted by Crippen LogP contribution is 2.55. The van der Waals surface area contributed by atoms with Crippen molar-refractivity contribution in [2.75, 3.05) is 12.8 Å². The molecule has 1 unspecified atom stereocenters. The summed E-state index contributed by atoms with van der Waals surface area (Å²) in [5, 5.41) is 8.44. The first kappa shape index (κ1) is 21.4. The third-order valence-corrected chi connectivity index (χ3v) is 8.07. The van der Waals surface area contributed by atoms with Crippen molar-refractivity contribution in [1.29, 1.82) is 0 Å². The maximum Gasteiger partial charge on any atom is 0.253 e. The molecular formula is C27H27N5OS. The first-order valence-electron chi connectivity index (χ1n) is 11.8. The number of rotatable bonds is 5. The molecule has 2 aromatic carbocycles. The number of carbonyl (C=O) groups is 1. The second-order valence-corrected chi connectivity index (χ2v) is 10.1. The van der Waals surface area contributed by atoms with Crippen LogP contribution in [0.15, 0.2) is 53.7 Å². The van der Waals surface area contributed by atoms with Gasteiger partial charge in [0.15, 0.2) is 0 Å². The van der Waals surface area contributed by atoms with E-state index in [1.807, 2.05) is 20.1 Å². The molecule has 2 heterocycles. The van der Waals surface area contributed by atoms with Crippen molar-refractivity contribution in [2.45, 2.75) is 43.7 Å². The largest absolute Gasteiger partial charge is 0.356 e. The Morgan fingerprint density at radius 2 is 1.68 bits per heavy atom. The number of amides is 1. The van der Waals surface area contributed by atoms with Crippen molar-refractivity contribution < 1.29 is 4.79 Å². The van der Waals surface area contributed by atoms with E-state index >= 15 is 0 Å². The van der Waals surface area contributed by atoms with Gasteiger partial charge in [0, 0.05) is 35.3 Å². The molecule has 0 fully saturated rings. The normalized spacial score (nSPS) is 20.3. The van der Waals surface area contributed by atoms with E-state index < -0.39 is 0 Å². The molecule has 0 radical (unpaired) electrons. The van der Waals surface area contributed by atoms with Gasteiger partial charge >= 0.3 is 0 Å². The van der Waals surface area contributed by atoms with E-state index in [-0.39, 0.29) is 5.91 Å². The highest BCUT2D eigenvalue weighted by molar-refractivity contribution is 7.98. The Kier molecular flexibility index (Phi) is 5.17. The minimum absolute atomic E-state index is 0.0283. The fourth-order valence-electron chi connectivity index (χ4n) is 5.96. The molecule has 1 amide bonds. The summed E-state index contributed by atoms with van der Waals surface area (Å²) in [5.41, 5.74) is 8.43. The smallest absolute Gasteiger partial charge is 0.253 e. The fraction of sp³-hybridized carbons (Fsp3) is 0.333. The Morgan fingerprint density at radius 1 is 1.03 bits per heavy atom. The lowest BCUT2D eigenvalue weighted by Gasteiger charge is -2.45. The monoisotopic (exact) mass is 469 g/mol. The Labute approximate surface area is 203 Å². The predicted octanol–water partition coefficient (Wildman–Crippen LogP) is 4.42. The topological polar surface area (TPSA) is 72.2 Å². The zero-order chi connectivity index (χ0) is 23.4. The van der Waals surface area contributed by atoms with Crippen molar-refractivity contribution >= 4 is 23.4 Å². The molecule has 2 aromatic heterocycles. The second-order valence-electron chi connectivity index (χ2n) is 9.34. The molecule has 6 nitrogen and oxygen atoms in total. The summed E-state index contributed by atoms with van der Waals surface area (Å²) in [6.45, 7) is 4.60. The van der Waals surface area contributed by atoms with Gasteiger partial charge in [-0.2, -0.15) is 4.98 Å². The quantitative estimate of drug-likeness (QED) is 0.438. The molecule has 0 aliphatic heterocycles. The lowest BCUT2D eigenvalue weighted by Crippen LogP contribution is -2.39. The first-order valence-corrected chi connectivity index (χ1v) is 13.0. The highest BCUT2D eigenvalue weighted by Gasteiger charge is 2.42. The van der Waals surface area contributed by atoms with E-state index in [9.17, 15) is 4.79 Å². The van der Waals surface area contributed by atoms with Crippen molar-refractivity contribution in [3.8, 4) is 0 Å². The number of carbonyl (C=O) groups excluding carboxylic acids is 1. The molecule has 172 valence electrons. The van der Waals surface area contributed by atoms with Gasteiger partial charge in [0.1, 0.15) is 0 Å². The molecule has 2 bridgehead atoms. The molecule has 0 saturated heterocycles. The fourth-order valence-corrected chi connectivity index (χ4v) is 6.30. The predicted molar refractivity (Wildman–Crippen MR) is 133 cm³/mol. The van der Waals surface area contributed by atoms with E-state index in [0.29, 0.717) is 41.7 Å². The van der Waals surface area contributed by atoms with Crippen molar-refractivity contribution in [2.24, 2.45) is 5.92 Å². The number of benzene rings is 2. The number of nitrogens with zero attached hydrogens (tertiary/aromatic N) is 4. The van der Waals surface area contributed by atoms with Crippen LogP contribution in [0.1, 0.15) is 57.5 Å². The van der Waals surface area contributed by atoms with Crippen LogP contribution < -0.4 is 5.32 Å². The average molecular weight is 470 g/mol. The molecule has 0 saturated carbocycles. The van der Waals surface area contributed by atoms with Gasteiger partial charge in [-0.25, -0.2) is 9.50 Å². The molecule has 3 aliphatic rings. The summed E-state index contributed by atoms with van der Waals surface area (Å²) in [6.07, 6.45) is 3.31. The summed E-state index contributed by atoms with van der Waals surface area (Å²) in [4.78, 5) is 22.1. The number of fused-ring (bicyclic) bond motifs is 2. The van der Waals surface area contributed by atoms with Crippen LogP contribution in [0, 0.1) is 19.8 Å². The molecule has 7 rings (SSSR count). The Bertz CT molecular complexity index is 1380. The molecular weight excluding hydrogens is 442 g/mol. The number of hydrogen-bond donors (Lipinski definition) is 1. The summed E-state index contributed by atoms with van der Waals surface area (Å²) in [5.74, 6) is 1.74. The van der Waals surface area contributed by atoms with Gasteiger partial charge in [-0.15, -0.1) is 5.10 Å². The van der Waals surface area contributed by atoms with Crippen LogP contribution >= 0.6 is 11.8 Å². The van der Waals surface area contributed by atoms with Gasteiger partial charge in [-0.1, -0.05) is 60.3 Å². The summed E-state index contributed by atoms with van der Waals surface area (Å²) in [7, 11) is 0. The number of hydrogen-bond acceptors (Lipinski definition) is 5. The number of aromatic nitrogens is 4. The van der Waals surface area contributed by atoms with Crippen molar-refractivity contribution in [3.63, 3.8) is 0 Å². The van der Waals surface area contributed by atoms with E-state index in [0.717, 1.165) is 23.4 Å². The lowest BCUT2D eigenvalue weighted by atomic mass is 9.59.